The predicted molar refractivity (Wildman–Crippen MR) is 86.8 cm³/mol. The Balaban J connectivity index is 1.79. The zero-order valence-corrected chi connectivity index (χ0v) is 12.9. The number of thiophene rings is 1. The van der Waals surface area contributed by atoms with Crippen molar-refractivity contribution in [2.45, 2.75) is 13.1 Å². The Morgan fingerprint density at radius 2 is 2.14 bits per heavy atom. The highest BCUT2D eigenvalue weighted by Gasteiger charge is 2.12. The number of hydrogen-bond donors (Lipinski definition) is 0. The Labute approximate surface area is 131 Å². The maximum absolute atomic E-state index is 12.4. The van der Waals surface area contributed by atoms with Crippen LogP contribution in [0.3, 0.4) is 0 Å². The molecule has 112 valence electrons. The molecule has 6 heteroatoms. The van der Waals surface area contributed by atoms with Crippen molar-refractivity contribution in [3.8, 4) is 0 Å². The molecule has 0 N–H and O–H groups in total. The molecule has 0 atom stereocenters. The summed E-state index contributed by atoms with van der Waals surface area (Å²) in [5, 5.41) is 4.51. The largest absolute Gasteiger partial charge is 0.340 e. The van der Waals surface area contributed by atoms with Crippen LogP contribution in [0.5, 0.6) is 0 Å². The Morgan fingerprint density at radius 1 is 1.32 bits per heavy atom. The molecule has 0 aliphatic carbocycles. The first-order chi connectivity index (χ1) is 10.6. The average Bonchev–Trinajstić information content (AvgIpc) is 3.03. The van der Waals surface area contributed by atoms with E-state index in [2.05, 4.69) is 4.98 Å². The normalized spacial score (nSPS) is 10.8. The number of rotatable bonds is 4. The molecule has 1 amide bonds. The van der Waals surface area contributed by atoms with Gasteiger partial charge in [0, 0.05) is 13.6 Å². The first kappa shape index (κ1) is 14.5. The number of fused-ring (bicyclic) bond motifs is 1. The predicted octanol–water partition coefficient (Wildman–Crippen LogP) is 2.12. The Bertz CT molecular complexity index is 855. The summed E-state index contributed by atoms with van der Waals surface area (Å²) in [6.45, 7) is 0.537. The molecule has 0 bridgehead atoms. The van der Waals surface area contributed by atoms with E-state index in [1.54, 1.807) is 41.5 Å². The van der Waals surface area contributed by atoms with E-state index >= 15 is 0 Å². The summed E-state index contributed by atoms with van der Waals surface area (Å²) in [5.74, 6) is -0.120. The standard InChI is InChI=1S/C16H15N3O2S/c1-18(8-12-6-7-22-10-12)15(20)9-19-11-17-14-5-3-2-4-13(14)16(19)21/h2-7,10-11H,8-9H2,1H3. The van der Waals surface area contributed by atoms with E-state index in [4.69, 9.17) is 0 Å². The number of carbonyl (C=O) groups excluding carboxylic acids is 1. The topological polar surface area (TPSA) is 55.2 Å². The van der Waals surface area contributed by atoms with Crippen molar-refractivity contribution in [2.75, 3.05) is 7.05 Å². The highest BCUT2D eigenvalue weighted by molar-refractivity contribution is 7.07. The fraction of sp³-hybridized carbons (Fsp3) is 0.188. The van der Waals surface area contributed by atoms with Gasteiger partial charge in [0.15, 0.2) is 0 Å². The number of carbonyl (C=O) groups is 1. The van der Waals surface area contributed by atoms with Crippen molar-refractivity contribution in [3.63, 3.8) is 0 Å². The lowest BCUT2D eigenvalue weighted by Gasteiger charge is -2.17. The highest BCUT2D eigenvalue weighted by Crippen LogP contribution is 2.09. The molecule has 3 rings (SSSR count). The number of hydrogen-bond acceptors (Lipinski definition) is 4. The van der Waals surface area contributed by atoms with Crippen LogP contribution in [-0.2, 0) is 17.9 Å². The fourth-order valence-electron chi connectivity index (χ4n) is 2.23. The van der Waals surface area contributed by atoms with Crippen LogP contribution in [0, 0.1) is 0 Å². The van der Waals surface area contributed by atoms with Gasteiger partial charge in [-0.1, -0.05) is 12.1 Å². The van der Waals surface area contributed by atoms with Gasteiger partial charge < -0.3 is 4.90 Å². The van der Waals surface area contributed by atoms with Crippen molar-refractivity contribution in [2.24, 2.45) is 0 Å². The molecule has 0 fully saturated rings. The maximum Gasteiger partial charge on any atom is 0.261 e. The summed E-state index contributed by atoms with van der Waals surface area (Å²) in [5.41, 5.74) is 1.54. The summed E-state index contributed by atoms with van der Waals surface area (Å²) < 4.78 is 1.36. The van der Waals surface area contributed by atoms with Crippen molar-refractivity contribution in [1.29, 1.82) is 0 Å². The number of amides is 1. The SMILES string of the molecule is CN(Cc1ccsc1)C(=O)Cn1cnc2ccccc2c1=O. The fourth-order valence-corrected chi connectivity index (χ4v) is 2.89. The van der Waals surface area contributed by atoms with E-state index in [0.717, 1.165) is 5.56 Å². The van der Waals surface area contributed by atoms with Crippen LogP contribution >= 0.6 is 11.3 Å². The second-order valence-corrected chi connectivity index (χ2v) is 5.86. The number of aromatic nitrogens is 2. The van der Waals surface area contributed by atoms with E-state index in [-0.39, 0.29) is 18.0 Å². The lowest BCUT2D eigenvalue weighted by atomic mass is 10.2. The van der Waals surface area contributed by atoms with Crippen LogP contribution in [0.4, 0.5) is 0 Å². The van der Waals surface area contributed by atoms with Crippen LogP contribution in [0.15, 0.2) is 52.2 Å². The monoisotopic (exact) mass is 313 g/mol. The van der Waals surface area contributed by atoms with Crippen molar-refractivity contribution < 1.29 is 4.79 Å². The minimum absolute atomic E-state index is 0.00267. The van der Waals surface area contributed by atoms with E-state index in [1.165, 1.54) is 10.9 Å². The molecule has 3 aromatic rings. The smallest absolute Gasteiger partial charge is 0.261 e. The second kappa shape index (κ2) is 6.11. The Morgan fingerprint density at radius 3 is 2.91 bits per heavy atom. The molecule has 0 spiro atoms. The average molecular weight is 313 g/mol. The van der Waals surface area contributed by atoms with E-state index in [9.17, 15) is 9.59 Å². The number of benzene rings is 1. The van der Waals surface area contributed by atoms with Crippen LogP contribution in [0.1, 0.15) is 5.56 Å². The van der Waals surface area contributed by atoms with Gasteiger partial charge in [0.05, 0.1) is 17.2 Å². The van der Waals surface area contributed by atoms with Crippen molar-refractivity contribution in [1.82, 2.24) is 14.5 Å². The number of para-hydroxylation sites is 1. The van der Waals surface area contributed by atoms with Gasteiger partial charge in [0.25, 0.3) is 5.56 Å². The van der Waals surface area contributed by atoms with E-state index in [0.29, 0.717) is 17.4 Å². The molecule has 0 aliphatic rings. The van der Waals surface area contributed by atoms with Gasteiger partial charge in [-0.3, -0.25) is 14.2 Å². The molecule has 2 heterocycles. The summed E-state index contributed by atoms with van der Waals surface area (Å²) in [6.07, 6.45) is 1.43. The van der Waals surface area contributed by atoms with Gasteiger partial charge in [0.1, 0.15) is 6.54 Å². The minimum Gasteiger partial charge on any atom is -0.340 e. The van der Waals surface area contributed by atoms with Crippen molar-refractivity contribution in [3.05, 3.63) is 63.3 Å². The molecule has 1 aromatic carbocycles. The first-order valence-electron chi connectivity index (χ1n) is 6.84. The molecule has 2 aromatic heterocycles. The third kappa shape index (κ3) is 2.92. The van der Waals surface area contributed by atoms with Gasteiger partial charge in [-0.05, 0) is 34.5 Å². The number of nitrogens with zero attached hydrogens (tertiary/aromatic N) is 3. The molecule has 22 heavy (non-hydrogen) atoms. The van der Waals surface area contributed by atoms with Crippen LogP contribution < -0.4 is 5.56 Å². The van der Waals surface area contributed by atoms with Gasteiger partial charge in [0.2, 0.25) is 5.91 Å². The molecular weight excluding hydrogens is 298 g/mol. The Hall–Kier alpha value is -2.47. The number of likely N-dealkylation sites (N-methyl/N-ethyl adjacent to an activating group) is 1. The summed E-state index contributed by atoms with van der Waals surface area (Å²) in [6, 6.07) is 9.11. The molecule has 0 aliphatic heterocycles. The quantitative estimate of drug-likeness (QED) is 0.741. The molecule has 0 saturated heterocycles. The van der Waals surface area contributed by atoms with Gasteiger partial charge in [-0.2, -0.15) is 11.3 Å². The molecular formula is C16H15N3O2S. The van der Waals surface area contributed by atoms with Crippen LogP contribution in [0.25, 0.3) is 10.9 Å². The van der Waals surface area contributed by atoms with Gasteiger partial charge >= 0.3 is 0 Å². The maximum atomic E-state index is 12.4. The van der Waals surface area contributed by atoms with Gasteiger partial charge in [-0.15, -0.1) is 0 Å². The second-order valence-electron chi connectivity index (χ2n) is 5.08. The van der Waals surface area contributed by atoms with Gasteiger partial charge in [-0.25, -0.2) is 4.98 Å². The minimum atomic E-state index is -0.192. The molecule has 0 saturated carbocycles. The first-order valence-corrected chi connectivity index (χ1v) is 7.78. The third-order valence-corrected chi connectivity index (χ3v) is 4.19. The van der Waals surface area contributed by atoms with Crippen LogP contribution in [-0.4, -0.2) is 27.4 Å². The lowest BCUT2D eigenvalue weighted by molar-refractivity contribution is -0.131. The zero-order chi connectivity index (χ0) is 15.5. The molecule has 0 unspecified atom stereocenters. The lowest BCUT2D eigenvalue weighted by Crippen LogP contribution is -2.33. The summed E-state index contributed by atoms with van der Waals surface area (Å²) in [4.78, 5) is 30.5. The third-order valence-electron chi connectivity index (χ3n) is 3.46. The van der Waals surface area contributed by atoms with E-state index < -0.39 is 0 Å². The van der Waals surface area contributed by atoms with Crippen LogP contribution in [0.2, 0.25) is 0 Å². The summed E-state index contributed by atoms with van der Waals surface area (Å²) in [7, 11) is 1.74. The molecule has 0 radical (unpaired) electrons. The Kier molecular flexibility index (Phi) is 4.02. The molecule has 5 nitrogen and oxygen atoms in total. The van der Waals surface area contributed by atoms with E-state index in [1.807, 2.05) is 22.9 Å². The summed E-state index contributed by atoms with van der Waals surface area (Å²) >= 11 is 1.60. The highest BCUT2D eigenvalue weighted by atomic mass is 32.1. The zero-order valence-electron chi connectivity index (χ0n) is 12.1. The van der Waals surface area contributed by atoms with Crippen molar-refractivity contribution >= 4 is 28.1 Å².